The van der Waals surface area contributed by atoms with Gasteiger partial charge in [0.05, 0.1) is 6.20 Å². The molecule has 0 aliphatic carbocycles. The number of aryl methyl sites for hydroxylation is 1. The number of aliphatic hydroxyl groups is 1. The van der Waals surface area contributed by atoms with Crippen LogP contribution in [0.4, 0.5) is 0 Å². The highest BCUT2D eigenvalue weighted by Crippen LogP contribution is 2.09. The second kappa shape index (κ2) is 3.22. The quantitative estimate of drug-likeness (QED) is 0.626. The Labute approximate surface area is 65.7 Å². The van der Waals surface area contributed by atoms with E-state index in [1.807, 2.05) is 6.92 Å². The highest BCUT2D eigenvalue weighted by atomic mass is 16.3. The van der Waals surface area contributed by atoms with E-state index in [-0.39, 0.29) is 0 Å². The van der Waals surface area contributed by atoms with Gasteiger partial charge in [-0.2, -0.15) is 5.10 Å². The number of aromatic nitrogens is 2. The molecule has 0 aliphatic heterocycles. The van der Waals surface area contributed by atoms with Crippen molar-refractivity contribution < 1.29 is 5.11 Å². The zero-order valence-corrected chi connectivity index (χ0v) is 6.36. The molecule has 0 bridgehead atoms. The van der Waals surface area contributed by atoms with Crippen molar-refractivity contribution in [3.05, 3.63) is 18.0 Å². The minimum atomic E-state index is -0.824. The Morgan fingerprint density at radius 3 is 3.09 bits per heavy atom. The number of terminal acetylenes is 1. The van der Waals surface area contributed by atoms with Crippen molar-refractivity contribution in [1.82, 2.24) is 9.78 Å². The zero-order chi connectivity index (χ0) is 8.27. The second-order valence-electron chi connectivity index (χ2n) is 2.20. The SMILES string of the molecule is C#CC(O)c1cnn(CC)c1. The van der Waals surface area contributed by atoms with Crippen LogP contribution in [0.2, 0.25) is 0 Å². The Hall–Kier alpha value is -1.27. The van der Waals surface area contributed by atoms with Crippen molar-refractivity contribution in [1.29, 1.82) is 0 Å². The monoisotopic (exact) mass is 150 g/mol. The molecule has 1 N–H and O–H groups in total. The van der Waals surface area contributed by atoms with E-state index in [2.05, 4.69) is 11.0 Å². The fourth-order valence-corrected chi connectivity index (χ4v) is 0.790. The maximum atomic E-state index is 9.15. The van der Waals surface area contributed by atoms with Gasteiger partial charge in [0.15, 0.2) is 0 Å². The third kappa shape index (κ3) is 1.60. The molecule has 0 spiro atoms. The first-order valence-electron chi connectivity index (χ1n) is 3.44. The molecule has 1 heterocycles. The van der Waals surface area contributed by atoms with Crippen molar-refractivity contribution in [3.8, 4) is 12.3 Å². The third-order valence-corrected chi connectivity index (χ3v) is 1.45. The van der Waals surface area contributed by atoms with Gasteiger partial charge in [0.25, 0.3) is 0 Å². The summed E-state index contributed by atoms with van der Waals surface area (Å²) in [7, 11) is 0. The van der Waals surface area contributed by atoms with Crippen LogP contribution in [0.3, 0.4) is 0 Å². The summed E-state index contributed by atoms with van der Waals surface area (Å²) in [5.41, 5.74) is 0.675. The van der Waals surface area contributed by atoms with Crippen molar-refractivity contribution in [2.45, 2.75) is 19.6 Å². The Kier molecular flexibility index (Phi) is 2.29. The maximum Gasteiger partial charge on any atom is 0.143 e. The van der Waals surface area contributed by atoms with E-state index in [1.165, 1.54) is 0 Å². The van der Waals surface area contributed by atoms with Crippen LogP contribution in [-0.4, -0.2) is 14.9 Å². The molecular formula is C8H10N2O. The first-order chi connectivity index (χ1) is 5.27. The predicted octanol–water partition coefficient (Wildman–Crippen LogP) is 0.570. The summed E-state index contributed by atoms with van der Waals surface area (Å²) in [6, 6.07) is 0. The van der Waals surface area contributed by atoms with E-state index in [0.29, 0.717) is 5.56 Å². The minimum Gasteiger partial charge on any atom is -0.376 e. The summed E-state index contributed by atoms with van der Waals surface area (Å²) in [5, 5.41) is 13.1. The molecular weight excluding hydrogens is 140 g/mol. The van der Waals surface area contributed by atoms with Crippen LogP contribution < -0.4 is 0 Å². The Balaban J connectivity index is 2.82. The van der Waals surface area contributed by atoms with Gasteiger partial charge < -0.3 is 5.11 Å². The summed E-state index contributed by atoms with van der Waals surface area (Å²) < 4.78 is 1.72. The minimum absolute atomic E-state index is 0.675. The molecule has 0 saturated heterocycles. The van der Waals surface area contributed by atoms with Gasteiger partial charge >= 0.3 is 0 Å². The second-order valence-corrected chi connectivity index (χ2v) is 2.20. The molecule has 0 amide bonds. The van der Waals surface area contributed by atoms with Gasteiger partial charge in [0.1, 0.15) is 6.10 Å². The molecule has 0 saturated carbocycles. The van der Waals surface area contributed by atoms with E-state index in [9.17, 15) is 0 Å². The van der Waals surface area contributed by atoms with Crippen molar-refractivity contribution in [3.63, 3.8) is 0 Å². The fraction of sp³-hybridized carbons (Fsp3) is 0.375. The molecule has 58 valence electrons. The molecule has 1 rings (SSSR count). The lowest BCUT2D eigenvalue weighted by atomic mass is 10.2. The Morgan fingerprint density at radius 1 is 1.91 bits per heavy atom. The van der Waals surface area contributed by atoms with Crippen LogP contribution in [0.15, 0.2) is 12.4 Å². The van der Waals surface area contributed by atoms with Crippen LogP contribution in [0.5, 0.6) is 0 Å². The molecule has 1 aromatic heterocycles. The lowest BCUT2D eigenvalue weighted by Gasteiger charge is -1.95. The Bertz CT molecular complexity index is 272. The van der Waals surface area contributed by atoms with E-state index < -0.39 is 6.10 Å². The first-order valence-corrected chi connectivity index (χ1v) is 3.44. The van der Waals surface area contributed by atoms with Gasteiger partial charge in [-0.1, -0.05) is 5.92 Å². The number of hydrogen-bond acceptors (Lipinski definition) is 2. The van der Waals surface area contributed by atoms with Crippen LogP contribution in [0, 0.1) is 12.3 Å². The summed E-state index contributed by atoms with van der Waals surface area (Å²) in [4.78, 5) is 0. The van der Waals surface area contributed by atoms with Crippen LogP contribution in [-0.2, 0) is 6.54 Å². The van der Waals surface area contributed by atoms with E-state index in [4.69, 9.17) is 11.5 Å². The fourth-order valence-electron chi connectivity index (χ4n) is 0.790. The topological polar surface area (TPSA) is 38.1 Å². The normalized spacial score (nSPS) is 12.5. The molecule has 0 aromatic carbocycles. The molecule has 0 fully saturated rings. The van der Waals surface area contributed by atoms with Crippen molar-refractivity contribution in [2.75, 3.05) is 0 Å². The van der Waals surface area contributed by atoms with Gasteiger partial charge in [-0.25, -0.2) is 0 Å². The van der Waals surface area contributed by atoms with Gasteiger partial charge in [-0.05, 0) is 6.92 Å². The summed E-state index contributed by atoms with van der Waals surface area (Å²) in [6.07, 6.45) is 7.51. The van der Waals surface area contributed by atoms with E-state index in [0.717, 1.165) is 6.54 Å². The first kappa shape index (κ1) is 7.83. The van der Waals surface area contributed by atoms with Crippen molar-refractivity contribution in [2.24, 2.45) is 0 Å². The summed E-state index contributed by atoms with van der Waals surface area (Å²) >= 11 is 0. The van der Waals surface area contributed by atoms with E-state index in [1.54, 1.807) is 17.1 Å². The number of rotatable bonds is 2. The lowest BCUT2D eigenvalue weighted by molar-refractivity contribution is 0.238. The lowest BCUT2D eigenvalue weighted by Crippen LogP contribution is -1.93. The molecule has 1 aromatic rings. The number of aliphatic hydroxyl groups excluding tert-OH is 1. The molecule has 1 atom stereocenters. The zero-order valence-electron chi connectivity index (χ0n) is 6.36. The average Bonchev–Trinajstić information content (AvgIpc) is 2.50. The highest BCUT2D eigenvalue weighted by molar-refractivity contribution is 5.16. The molecule has 3 nitrogen and oxygen atoms in total. The molecule has 1 unspecified atom stereocenters. The molecule has 0 radical (unpaired) electrons. The van der Waals surface area contributed by atoms with Gasteiger partial charge in [0, 0.05) is 18.3 Å². The predicted molar refractivity (Wildman–Crippen MR) is 41.7 cm³/mol. The largest absolute Gasteiger partial charge is 0.376 e. The molecule has 3 heteroatoms. The maximum absolute atomic E-state index is 9.15. The third-order valence-electron chi connectivity index (χ3n) is 1.45. The van der Waals surface area contributed by atoms with Gasteiger partial charge in [0.2, 0.25) is 0 Å². The standard InChI is InChI=1S/C8H10N2O/c1-3-8(11)7-5-9-10(4-2)6-7/h1,5-6,8,11H,4H2,2H3. The summed E-state index contributed by atoms with van der Waals surface area (Å²) in [5.74, 6) is 2.22. The Morgan fingerprint density at radius 2 is 2.64 bits per heavy atom. The van der Waals surface area contributed by atoms with Crippen molar-refractivity contribution >= 4 is 0 Å². The smallest absolute Gasteiger partial charge is 0.143 e. The molecule has 11 heavy (non-hydrogen) atoms. The average molecular weight is 150 g/mol. The molecule has 0 aliphatic rings. The van der Waals surface area contributed by atoms with Gasteiger partial charge in [-0.3, -0.25) is 4.68 Å². The van der Waals surface area contributed by atoms with Crippen LogP contribution >= 0.6 is 0 Å². The van der Waals surface area contributed by atoms with Crippen LogP contribution in [0.1, 0.15) is 18.6 Å². The van der Waals surface area contributed by atoms with E-state index >= 15 is 0 Å². The summed E-state index contributed by atoms with van der Waals surface area (Å²) in [6.45, 7) is 2.76. The number of hydrogen-bond donors (Lipinski definition) is 1. The number of nitrogens with zero attached hydrogens (tertiary/aromatic N) is 2. The van der Waals surface area contributed by atoms with Crippen LogP contribution in [0.25, 0.3) is 0 Å². The van der Waals surface area contributed by atoms with Gasteiger partial charge in [-0.15, -0.1) is 6.42 Å². The highest BCUT2D eigenvalue weighted by Gasteiger charge is 2.04.